The van der Waals surface area contributed by atoms with Crippen LogP contribution in [0.1, 0.15) is 16.1 Å². The molecular weight excluding hydrogens is 370 g/mol. The van der Waals surface area contributed by atoms with E-state index >= 15 is 0 Å². The number of nitrogens with zero attached hydrogens (tertiary/aromatic N) is 5. The van der Waals surface area contributed by atoms with Crippen molar-refractivity contribution in [3.8, 4) is 11.4 Å². The standard InChI is InChI=1S/C20H23N7O2/c1-21-20(22-13-15-4-2-5-16(12-15)18-23-14-24-25-18)27-9-7-26(8-10-27)19(28)17-6-3-11-29-17/h2-6,11-12,14H,7-10,13H2,1H3,(H,21,22)(H,23,24,25). The highest BCUT2D eigenvalue weighted by Gasteiger charge is 2.25. The number of piperazine rings is 1. The smallest absolute Gasteiger partial charge is 0.289 e. The number of aromatic amines is 1. The van der Waals surface area contributed by atoms with Gasteiger partial charge >= 0.3 is 0 Å². The maximum atomic E-state index is 12.4. The Labute approximate surface area is 168 Å². The Morgan fingerprint density at radius 3 is 2.72 bits per heavy atom. The Morgan fingerprint density at radius 1 is 1.21 bits per heavy atom. The molecule has 1 aliphatic heterocycles. The minimum atomic E-state index is -0.0678. The van der Waals surface area contributed by atoms with E-state index in [2.05, 4.69) is 42.5 Å². The van der Waals surface area contributed by atoms with Gasteiger partial charge in [0, 0.05) is 45.3 Å². The summed E-state index contributed by atoms with van der Waals surface area (Å²) in [6.45, 7) is 3.32. The number of hydrogen-bond donors (Lipinski definition) is 2. The van der Waals surface area contributed by atoms with Gasteiger partial charge in [-0.3, -0.25) is 14.9 Å². The normalized spacial score (nSPS) is 14.9. The lowest BCUT2D eigenvalue weighted by molar-refractivity contribution is 0.0657. The van der Waals surface area contributed by atoms with Gasteiger partial charge in [0.2, 0.25) is 0 Å². The van der Waals surface area contributed by atoms with E-state index in [-0.39, 0.29) is 5.91 Å². The minimum Gasteiger partial charge on any atom is -0.459 e. The zero-order valence-corrected chi connectivity index (χ0v) is 16.2. The van der Waals surface area contributed by atoms with Crippen LogP contribution in [0.2, 0.25) is 0 Å². The number of amides is 1. The first-order chi connectivity index (χ1) is 14.2. The maximum absolute atomic E-state index is 12.4. The molecule has 1 saturated heterocycles. The van der Waals surface area contributed by atoms with Crippen LogP contribution in [-0.4, -0.2) is 70.1 Å². The van der Waals surface area contributed by atoms with Gasteiger partial charge in [-0.25, -0.2) is 4.98 Å². The first-order valence-corrected chi connectivity index (χ1v) is 9.47. The summed E-state index contributed by atoms with van der Waals surface area (Å²) in [5.74, 6) is 1.88. The molecule has 9 heteroatoms. The molecule has 2 N–H and O–H groups in total. The van der Waals surface area contributed by atoms with Gasteiger partial charge in [-0.2, -0.15) is 5.10 Å². The molecule has 150 valence electrons. The topological polar surface area (TPSA) is 103 Å². The van der Waals surface area contributed by atoms with Crippen LogP contribution in [-0.2, 0) is 6.54 Å². The lowest BCUT2D eigenvalue weighted by Gasteiger charge is -2.36. The van der Waals surface area contributed by atoms with Gasteiger partial charge in [0.25, 0.3) is 5.91 Å². The van der Waals surface area contributed by atoms with Gasteiger partial charge in [0.05, 0.1) is 6.26 Å². The van der Waals surface area contributed by atoms with Crippen molar-refractivity contribution in [1.82, 2.24) is 30.3 Å². The summed E-state index contributed by atoms with van der Waals surface area (Å²) in [6, 6.07) is 11.5. The zero-order chi connectivity index (χ0) is 20.1. The summed E-state index contributed by atoms with van der Waals surface area (Å²) in [7, 11) is 1.77. The summed E-state index contributed by atoms with van der Waals surface area (Å²) >= 11 is 0. The summed E-state index contributed by atoms with van der Waals surface area (Å²) in [4.78, 5) is 25.0. The van der Waals surface area contributed by atoms with Crippen LogP contribution in [0, 0.1) is 0 Å². The number of H-pyrrole nitrogens is 1. The number of guanidine groups is 1. The lowest BCUT2D eigenvalue weighted by Crippen LogP contribution is -2.53. The second kappa shape index (κ2) is 8.59. The molecule has 1 aliphatic rings. The van der Waals surface area contributed by atoms with E-state index in [1.54, 1.807) is 19.2 Å². The van der Waals surface area contributed by atoms with E-state index in [9.17, 15) is 4.79 Å². The molecular formula is C20H23N7O2. The third-order valence-electron chi connectivity index (χ3n) is 4.88. The van der Waals surface area contributed by atoms with Crippen LogP contribution in [0.25, 0.3) is 11.4 Å². The average Bonchev–Trinajstić information content (AvgIpc) is 3.49. The summed E-state index contributed by atoms with van der Waals surface area (Å²) in [5.41, 5.74) is 2.11. The van der Waals surface area contributed by atoms with Crippen molar-refractivity contribution in [3.05, 3.63) is 60.3 Å². The molecule has 2 aromatic heterocycles. The molecule has 3 heterocycles. The molecule has 1 fully saturated rings. The van der Waals surface area contributed by atoms with Crippen molar-refractivity contribution in [3.63, 3.8) is 0 Å². The molecule has 1 aromatic carbocycles. The van der Waals surface area contributed by atoms with Crippen molar-refractivity contribution in [2.45, 2.75) is 6.54 Å². The van der Waals surface area contributed by atoms with Crippen molar-refractivity contribution >= 4 is 11.9 Å². The predicted octanol–water partition coefficient (Wildman–Crippen LogP) is 1.60. The summed E-state index contributed by atoms with van der Waals surface area (Å²) < 4.78 is 5.22. The van der Waals surface area contributed by atoms with Crippen molar-refractivity contribution in [2.75, 3.05) is 33.2 Å². The number of rotatable bonds is 4. The van der Waals surface area contributed by atoms with Gasteiger partial charge in [-0.1, -0.05) is 18.2 Å². The Morgan fingerprint density at radius 2 is 2.03 bits per heavy atom. The number of hydrogen-bond acceptors (Lipinski definition) is 5. The van der Waals surface area contributed by atoms with E-state index in [0.717, 1.165) is 22.9 Å². The molecule has 1 amide bonds. The largest absolute Gasteiger partial charge is 0.459 e. The molecule has 0 atom stereocenters. The van der Waals surface area contributed by atoms with E-state index in [1.807, 2.05) is 17.0 Å². The zero-order valence-electron chi connectivity index (χ0n) is 16.2. The second-order valence-electron chi connectivity index (χ2n) is 6.69. The van der Waals surface area contributed by atoms with E-state index in [1.165, 1.54) is 12.6 Å². The molecule has 29 heavy (non-hydrogen) atoms. The first kappa shape index (κ1) is 18.7. The highest BCUT2D eigenvalue weighted by atomic mass is 16.3. The monoisotopic (exact) mass is 393 g/mol. The fourth-order valence-electron chi connectivity index (χ4n) is 3.36. The van der Waals surface area contributed by atoms with Crippen molar-refractivity contribution in [2.24, 2.45) is 4.99 Å². The van der Waals surface area contributed by atoms with Gasteiger partial charge in [0.15, 0.2) is 17.5 Å². The molecule has 0 spiro atoms. The maximum Gasteiger partial charge on any atom is 0.289 e. The van der Waals surface area contributed by atoms with Crippen LogP contribution < -0.4 is 5.32 Å². The summed E-state index contributed by atoms with van der Waals surface area (Å²) in [6.07, 6.45) is 3.02. The van der Waals surface area contributed by atoms with Crippen molar-refractivity contribution < 1.29 is 9.21 Å². The Hall–Kier alpha value is -3.62. The molecule has 0 saturated carbocycles. The van der Waals surface area contributed by atoms with Crippen LogP contribution in [0.5, 0.6) is 0 Å². The number of carbonyl (C=O) groups excluding carboxylic acids is 1. The van der Waals surface area contributed by atoms with E-state index in [4.69, 9.17) is 4.42 Å². The molecule has 3 aromatic rings. The van der Waals surface area contributed by atoms with Gasteiger partial charge in [-0.15, -0.1) is 0 Å². The molecule has 0 unspecified atom stereocenters. The molecule has 0 bridgehead atoms. The van der Waals surface area contributed by atoms with Crippen molar-refractivity contribution in [1.29, 1.82) is 0 Å². The van der Waals surface area contributed by atoms with Crippen LogP contribution in [0.4, 0.5) is 0 Å². The van der Waals surface area contributed by atoms with Gasteiger partial charge in [0.1, 0.15) is 6.33 Å². The number of aromatic nitrogens is 3. The fraction of sp³-hybridized carbons (Fsp3) is 0.300. The predicted molar refractivity (Wildman–Crippen MR) is 108 cm³/mol. The van der Waals surface area contributed by atoms with E-state index < -0.39 is 0 Å². The average molecular weight is 393 g/mol. The van der Waals surface area contributed by atoms with Gasteiger partial charge < -0.3 is 19.5 Å². The van der Waals surface area contributed by atoms with Crippen LogP contribution in [0.15, 0.2) is 58.4 Å². The highest BCUT2D eigenvalue weighted by Crippen LogP contribution is 2.15. The first-order valence-electron chi connectivity index (χ1n) is 9.47. The number of furan rings is 1. The summed E-state index contributed by atoms with van der Waals surface area (Å²) in [5, 5.41) is 10.2. The second-order valence-corrected chi connectivity index (χ2v) is 6.69. The third-order valence-corrected chi connectivity index (χ3v) is 4.88. The number of nitrogens with one attached hydrogen (secondary N) is 2. The molecule has 0 aliphatic carbocycles. The molecule has 0 radical (unpaired) electrons. The highest BCUT2D eigenvalue weighted by molar-refractivity contribution is 5.91. The SMILES string of the molecule is CN=C(NCc1cccc(-c2ncn[nH]2)c1)N1CCN(C(=O)c2ccco2)CC1. The molecule has 4 rings (SSSR count). The third kappa shape index (κ3) is 4.29. The Kier molecular flexibility index (Phi) is 5.55. The fourth-order valence-corrected chi connectivity index (χ4v) is 3.36. The lowest BCUT2D eigenvalue weighted by atomic mass is 10.1. The Bertz CT molecular complexity index is 959. The Balaban J connectivity index is 1.32. The van der Waals surface area contributed by atoms with Crippen LogP contribution in [0.3, 0.4) is 0 Å². The number of carbonyl (C=O) groups is 1. The van der Waals surface area contributed by atoms with Gasteiger partial charge in [-0.05, 0) is 23.8 Å². The number of aliphatic imine (C=N–C) groups is 1. The molecule has 9 nitrogen and oxygen atoms in total. The van der Waals surface area contributed by atoms with Crippen LogP contribution >= 0.6 is 0 Å². The van der Waals surface area contributed by atoms with E-state index in [0.29, 0.717) is 38.5 Å². The quantitative estimate of drug-likeness (QED) is 0.516. The number of benzene rings is 1. The minimum absolute atomic E-state index is 0.0678.